The van der Waals surface area contributed by atoms with Crippen molar-refractivity contribution in [2.45, 2.75) is 52.7 Å². The summed E-state index contributed by atoms with van der Waals surface area (Å²) >= 11 is 0. The van der Waals surface area contributed by atoms with E-state index in [1.165, 1.54) is 0 Å². The SMILES string of the molecule is CC[C@@H](C)N(Cc1ccc(OS(C)(=O)=O)cc1)C(=O)NC(C)C. The Bertz CT molecular complexity index is 611. The van der Waals surface area contributed by atoms with Crippen molar-refractivity contribution in [2.24, 2.45) is 0 Å². The van der Waals surface area contributed by atoms with Crippen LogP contribution in [0.4, 0.5) is 4.79 Å². The lowest BCUT2D eigenvalue weighted by Crippen LogP contribution is -2.46. The molecule has 0 heterocycles. The van der Waals surface area contributed by atoms with Crippen molar-refractivity contribution >= 4 is 16.1 Å². The quantitative estimate of drug-likeness (QED) is 0.773. The zero-order valence-corrected chi connectivity index (χ0v) is 15.2. The van der Waals surface area contributed by atoms with Crippen LogP contribution in [0.1, 0.15) is 39.7 Å². The summed E-state index contributed by atoms with van der Waals surface area (Å²) in [5, 5.41) is 2.90. The van der Waals surface area contributed by atoms with Gasteiger partial charge in [-0.15, -0.1) is 0 Å². The molecule has 1 rings (SSSR count). The number of carbonyl (C=O) groups excluding carboxylic acids is 1. The number of nitrogens with one attached hydrogen (secondary N) is 1. The zero-order chi connectivity index (χ0) is 17.6. The molecule has 0 saturated carbocycles. The van der Waals surface area contributed by atoms with Crippen LogP contribution in [0, 0.1) is 0 Å². The molecule has 0 aliphatic rings. The van der Waals surface area contributed by atoms with Crippen molar-refractivity contribution in [2.75, 3.05) is 6.26 Å². The normalized spacial score (nSPS) is 12.8. The van der Waals surface area contributed by atoms with Crippen LogP contribution in [-0.4, -0.2) is 37.7 Å². The first kappa shape index (κ1) is 19.3. The van der Waals surface area contributed by atoms with Gasteiger partial charge in [-0.1, -0.05) is 19.1 Å². The summed E-state index contributed by atoms with van der Waals surface area (Å²) in [7, 11) is -3.53. The van der Waals surface area contributed by atoms with Crippen LogP contribution in [0.15, 0.2) is 24.3 Å². The number of hydrogen-bond donors (Lipinski definition) is 1. The average molecular weight is 342 g/mol. The second-order valence-electron chi connectivity index (χ2n) is 5.92. The molecular formula is C16H26N2O4S. The third-order valence-electron chi connectivity index (χ3n) is 3.32. The molecule has 1 aromatic carbocycles. The first-order valence-electron chi connectivity index (χ1n) is 7.68. The van der Waals surface area contributed by atoms with E-state index in [-0.39, 0.29) is 23.9 Å². The topological polar surface area (TPSA) is 75.7 Å². The molecule has 130 valence electrons. The van der Waals surface area contributed by atoms with E-state index >= 15 is 0 Å². The van der Waals surface area contributed by atoms with Gasteiger partial charge >= 0.3 is 16.1 Å². The fourth-order valence-electron chi connectivity index (χ4n) is 2.00. The molecule has 0 radical (unpaired) electrons. The van der Waals surface area contributed by atoms with E-state index in [0.29, 0.717) is 6.54 Å². The van der Waals surface area contributed by atoms with E-state index in [2.05, 4.69) is 5.32 Å². The molecule has 0 fully saturated rings. The largest absolute Gasteiger partial charge is 0.383 e. The van der Waals surface area contributed by atoms with Crippen LogP contribution in [0.5, 0.6) is 5.75 Å². The number of hydrogen-bond acceptors (Lipinski definition) is 4. The Hall–Kier alpha value is -1.76. The summed E-state index contributed by atoms with van der Waals surface area (Å²) < 4.78 is 27.0. The maximum Gasteiger partial charge on any atom is 0.318 e. The number of benzene rings is 1. The van der Waals surface area contributed by atoms with Gasteiger partial charge in [0, 0.05) is 18.6 Å². The minimum absolute atomic E-state index is 0.0691. The standard InChI is InChI=1S/C16H26N2O4S/c1-6-13(4)18(16(19)17-12(2)3)11-14-7-9-15(10-8-14)22-23(5,20)21/h7-10,12-13H,6,11H2,1-5H3,(H,17,19)/t13-/m1/s1. The molecule has 0 spiro atoms. The van der Waals surface area contributed by atoms with Gasteiger partial charge in [0.1, 0.15) is 5.75 Å². The van der Waals surface area contributed by atoms with Crippen molar-refractivity contribution in [3.63, 3.8) is 0 Å². The maximum atomic E-state index is 12.3. The van der Waals surface area contributed by atoms with Crippen LogP contribution < -0.4 is 9.50 Å². The smallest absolute Gasteiger partial charge is 0.318 e. The number of carbonyl (C=O) groups is 1. The molecule has 23 heavy (non-hydrogen) atoms. The van der Waals surface area contributed by atoms with Gasteiger partial charge in [0.2, 0.25) is 0 Å². The molecule has 2 amide bonds. The van der Waals surface area contributed by atoms with Gasteiger partial charge < -0.3 is 14.4 Å². The van der Waals surface area contributed by atoms with E-state index in [0.717, 1.165) is 18.2 Å². The van der Waals surface area contributed by atoms with Gasteiger partial charge in [-0.3, -0.25) is 0 Å². The lowest BCUT2D eigenvalue weighted by molar-refractivity contribution is 0.171. The van der Waals surface area contributed by atoms with Gasteiger partial charge in [-0.25, -0.2) is 4.79 Å². The first-order valence-corrected chi connectivity index (χ1v) is 9.49. The maximum absolute atomic E-state index is 12.3. The summed E-state index contributed by atoms with van der Waals surface area (Å²) in [5.74, 6) is 0.262. The Morgan fingerprint density at radius 3 is 2.22 bits per heavy atom. The van der Waals surface area contributed by atoms with Crippen molar-refractivity contribution in [1.82, 2.24) is 10.2 Å². The minimum atomic E-state index is -3.53. The van der Waals surface area contributed by atoms with Crippen LogP contribution in [0.2, 0.25) is 0 Å². The molecule has 6 nitrogen and oxygen atoms in total. The zero-order valence-electron chi connectivity index (χ0n) is 14.4. The molecular weight excluding hydrogens is 316 g/mol. The Morgan fingerprint density at radius 1 is 1.22 bits per heavy atom. The molecule has 1 N–H and O–H groups in total. The predicted octanol–water partition coefficient (Wildman–Crippen LogP) is 2.74. The van der Waals surface area contributed by atoms with E-state index in [1.54, 1.807) is 29.2 Å². The van der Waals surface area contributed by atoms with Crippen molar-refractivity contribution in [1.29, 1.82) is 0 Å². The Morgan fingerprint density at radius 2 is 1.78 bits per heavy atom. The predicted molar refractivity (Wildman–Crippen MR) is 90.9 cm³/mol. The highest BCUT2D eigenvalue weighted by atomic mass is 32.2. The summed E-state index contributed by atoms with van der Waals surface area (Å²) in [6.07, 6.45) is 1.85. The highest BCUT2D eigenvalue weighted by Gasteiger charge is 2.19. The summed E-state index contributed by atoms with van der Waals surface area (Å²) in [6.45, 7) is 8.32. The third kappa shape index (κ3) is 6.90. The molecule has 0 aliphatic carbocycles. The highest BCUT2D eigenvalue weighted by Crippen LogP contribution is 2.17. The average Bonchev–Trinajstić information content (AvgIpc) is 2.43. The number of nitrogens with zero attached hydrogens (tertiary/aromatic N) is 1. The molecule has 0 aliphatic heterocycles. The van der Waals surface area contributed by atoms with E-state index in [1.807, 2.05) is 27.7 Å². The first-order chi connectivity index (χ1) is 10.6. The minimum Gasteiger partial charge on any atom is -0.383 e. The van der Waals surface area contributed by atoms with Crippen LogP contribution >= 0.6 is 0 Å². The number of urea groups is 1. The lowest BCUT2D eigenvalue weighted by Gasteiger charge is -2.29. The molecule has 7 heteroatoms. The van der Waals surface area contributed by atoms with Gasteiger partial charge in [-0.2, -0.15) is 8.42 Å². The van der Waals surface area contributed by atoms with Crippen LogP contribution in [0.25, 0.3) is 0 Å². The van der Waals surface area contributed by atoms with E-state index in [4.69, 9.17) is 4.18 Å². The Balaban J connectivity index is 2.85. The van der Waals surface area contributed by atoms with Gasteiger partial charge in [0.15, 0.2) is 0 Å². The van der Waals surface area contributed by atoms with Crippen molar-refractivity contribution in [3.05, 3.63) is 29.8 Å². The number of amides is 2. The molecule has 1 aromatic rings. The van der Waals surface area contributed by atoms with Gasteiger partial charge in [0.25, 0.3) is 0 Å². The Labute approximate surface area is 138 Å². The summed E-state index contributed by atoms with van der Waals surface area (Å²) in [5.41, 5.74) is 0.907. The Kier molecular flexibility index (Phi) is 6.87. The molecule has 1 atom stereocenters. The monoisotopic (exact) mass is 342 g/mol. The van der Waals surface area contributed by atoms with Crippen LogP contribution in [0.3, 0.4) is 0 Å². The third-order valence-corrected chi connectivity index (χ3v) is 3.81. The van der Waals surface area contributed by atoms with Crippen molar-refractivity contribution in [3.8, 4) is 5.75 Å². The number of rotatable bonds is 7. The lowest BCUT2D eigenvalue weighted by atomic mass is 10.1. The van der Waals surface area contributed by atoms with Crippen molar-refractivity contribution < 1.29 is 17.4 Å². The molecule has 0 bridgehead atoms. The van der Waals surface area contributed by atoms with Gasteiger partial charge in [-0.05, 0) is 44.9 Å². The van der Waals surface area contributed by atoms with Crippen LogP contribution in [-0.2, 0) is 16.7 Å². The van der Waals surface area contributed by atoms with E-state index < -0.39 is 10.1 Å². The fraction of sp³-hybridized carbons (Fsp3) is 0.562. The van der Waals surface area contributed by atoms with Gasteiger partial charge in [0.05, 0.1) is 6.26 Å². The molecule has 0 unspecified atom stereocenters. The second kappa shape index (κ2) is 8.19. The fourth-order valence-corrected chi connectivity index (χ4v) is 2.46. The highest BCUT2D eigenvalue weighted by molar-refractivity contribution is 7.86. The van der Waals surface area contributed by atoms with E-state index in [9.17, 15) is 13.2 Å². The molecule has 0 aromatic heterocycles. The second-order valence-corrected chi connectivity index (χ2v) is 7.50. The molecule has 0 saturated heterocycles. The summed E-state index contributed by atoms with van der Waals surface area (Å²) in [4.78, 5) is 14.1. The summed E-state index contributed by atoms with van der Waals surface area (Å²) in [6, 6.07) is 6.76.